The van der Waals surface area contributed by atoms with E-state index in [4.69, 9.17) is 9.84 Å². The summed E-state index contributed by atoms with van der Waals surface area (Å²) in [5.41, 5.74) is -0.328. The average molecular weight is 144 g/mol. The first-order valence-electron chi connectivity index (χ1n) is 3.44. The van der Waals surface area contributed by atoms with Crippen LogP contribution in [0.2, 0.25) is 0 Å². The van der Waals surface area contributed by atoms with E-state index in [0.29, 0.717) is 6.42 Å². The zero-order valence-electron chi connectivity index (χ0n) is 6.26. The number of carboxylic acids is 1. The molecule has 0 aromatic heterocycles. The molecular formula is C7H12O3. The number of carboxylic acid groups (broad SMARTS) is 1. The largest absolute Gasteiger partial charge is 0.481 e. The summed E-state index contributed by atoms with van der Waals surface area (Å²) < 4.78 is 5.09. The maximum atomic E-state index is 10.4. The molecule has 2 atom stereocenters. The Morgan fingerprint density at radius 3 is 2.60 bits per heavy atom. The topological polar surface area (TPSA) is 46.5 Å². The second-order valence-electron chi connectivity index (χ2n) is 2.72. The van der Waals surface area contributed by atoms with Gasteiger partial charge in [-0.1, -0.05) is 6.92 Å². The highest BCUT2D eigenvalue weighted by Gasteiger charge is 2.58. The fourth-order valence-corrected chi connectivity index (χ4v) is 1.36. The van der Waals surface area contributed by atoms with Crippen LogP contribution >= 0.6 is 0 Å². The summed E-state index contributed by atoms with van der Waals surface area (Å²) in [6, 6.07) is 0. The summed E-state index contributed by atoms with van der Waals surface area (Å²) in [5.74, 6) is -0.994. The zero-order valence-corrected chi connectivity index (χ0v) is 6.26. The molecule has 0 aromatic rings. The van der Waals surface area contributed by atoms with Crippen LogP contribution in [0.3, 0.4) is 0 Å². The minimum Gasteiger partial charge on any atom is -0.481 e. The van der Waals surface area contributed by atoms with Crippen LogP contribution in [0.4, 0.5) is 0 Å². The van der Waals surface area contributed by atoms with Crippen LogP contribution in [-0.4, -0.2) is 23.8 Å². The van der Waals surface area contributed by atoms with Gasteiger partial charge in [-0.2, -0.15) is 0 Å². The monoisotopic (exact) mass is 144 g/mol. The van der Waals surface area contributed by atoms with Gasteiger partial charge in [0.25, 0.3) is 0 Å². The second kappa shape index (κ2) is 2.23. The summed E-state index contributed by atoms with van der Waals surface area (Å²) in [7, 11) is 1.58. The first-order valence-corrected chi connectivity index (χ1v) is 3.44. The number of methoxy groups -OCH3 is 1. The molecule has 0 aromatic carbocycles. The number of aliphatic carboxylic acids is 1. The highest BCUT2D eigenvalue weighted by Crippen LogP contribution is 2.48. The van der Waals surface area contributed by atoms with E-state index in [9.17, 15) is 4.79 Å². The fraction of sp³-hybridized carbons (Fsp3) is 0.857. The standard InChI is InChI=1S/C7H12O3/c1-3-7(10-2)4-5(7)6(8)9/h5H,3-4H2,1-2H3,(H,8,9). The Bertz CT molecular complexity index is 149. The van der Waals surface area contributed by atoms with E-state index in [1.54, 1.807) is 7.11 Å². The van der Waals surface area contributed by atoms with E-state index in [1.165, 1.54) is 0 Å². The van der Waals surface area contributed by atoms with Gasteiger partial charge in [0, 0.05) is 7.11 Å². The Morgan fingerprint density at radius 1 is 1.90 bits per heavy atom. The molecule has 2 unspecified atom stereocenters. The predicted octanol–water partition coefficient (Wildman–Crippen LogP) is 0.886. The van der Waals surface area contributed by atoms with Crippen LogP contribution in [0.25, 0.3) is 0 Å². The van der Waals surface area contributed by atoms with Crippen LogP contribution < -0.4 is 0 Å². The summed E-state index contributed by atoms with van der Waals surface area (Å²) in [6.07, 6.45) is 1.47. The summed E-state index contributed by atoms with van der Waals surface area (Å²) in [6.45, 7) is 1.95. The van der Waals surface area contributed by atoms with Gasteiger partial charge < -0.3 is 9.84 Å². The predicted molar refractivity (Wildman–Crippen MR) is 35.8 cm³/mol. The molecule has 0 bridgehead atoms. The molecule has 1 saturated carbocycles. The quantitative estimate of drug-likeness (QED) is 0.639. The van der Waals surface area contributed by atoms with Gasteiger partial charge in [0.1, 0.15) is 0 Å². The van der Waals surface area contributed by atoms with Gasteiger partial charge in [0.05, 0.1) is 11.5 Å². The Morgan fingerprint density at radius 2 is 2.50 bits per heavy atom. The van der Waals surface area contributed by atoms with Crippen molar-refractivity contribution >= 4 is 5.97 Å². The molecule has 0 radical (unpaired) electrons. The molecule has 0 saturated heterocycles. The Labute approximate surface area is 60.0 Å². The zero-order chi connectivity index (χ0) is 7.78. The fourth-order valence-electron chi connectivity index (χ4n) is 1.36. The lowest BCUT2D eigenvalue weighted by molar-refractivity contribution is -0.140. The number of hydrogen-bond donors (Lipinski definition) is 1. The van der Waals surface area contributed by atoms with Crippen LogP contribution in [0, 0.1) is 5.92 Å². The molecule has 3 nitrogen and oxygen atoms in total. The molecule has 1 aliphatic rings. The van der Waals surface area contributed by atoms with Crippen molar-refractivity contribution in [2.75, 3.05) is 7.11 Å². The number of ether oxygens (including phenoxy) is 1. The first-order chi connectivity index (χ1) is 4.66. The van der Waals surface area contributed by atoms with Crippen molar-refractivity contribution in [2.24, 2.45) is 5.92 Å². The maximum Gasteiger partial charge on any atom is 0.309 e. The Hall–Kier alpha value is -0.570. The van der Waals surface area contributed by atoms with Crippen LogP contribution in [-0.2, 0) is 9.53 Å². The van der Waals surface area contributed by atoms with Gasteiger partial charge in [-0.05, 0) is 12.8 Å². The van der Waals surface area contributed by atoms with E-state index in [1.807, 2.05) is 6.92 Å². The van der Waals surface area contributed by atoms with Crippen LogP contribution in [0.15, 0.2) is 0 Å². The van der Waals surface area contributed by atoms with Gasteiger partial charge in [-0.25, -0.2) is 0 Å². The van der Waals surface area contributed by atoms with E-state index in [-0.39, 0.29) is 11.5 Å². The SMILES string of the molecule is CCC1(OC)CC1C(=O)O. The van der Waals surface area contributed by atoms with Gasteiger partial charge in [0.2, 0.25) is 0 Å². The van der Waals surface area contributed by atoms with Crippen molar-refractivity contribution in [2.45, 2.75) is 25.4 Å². The second-order valence-corrected chi connectivity index (χ2v) is 2.72. The van der Waals surface area contributed by atoms with E-state index in [2.05, 4.69) is 0 Å². The molecule has 0 spiro atoms. The summed E-state index contributed by atoms with van der Waals surface area (Å²) in [4.78, 5) is 10.4. The molecule has 1 rings (SSSR count). The summed E-state index contributed by atoms with van der Waals surface area (Å²) >= 11 is 0. The third-order valence-electron chi connectivity index (χ3n) is 2.33. The van der Waals surface area contributed by atoms with Crippen LogP contribution in [0.5, 0.6) is 0 Å². The van der Waals surface area contributed by atoms with E-state index < -0.39 is 5.97 Å². The average Bonchev–Trinajstić information content (AvgIpc) is 2.63. The normalized spacial score (nSPS) is 37.6. The Kier molecular flexibility index (Phi) is 1.68. The lowest BCUT2D eigenvalue weighted by Gasteiger charge is -2.09. The van der Waals surface area contributed by atoms with Crippen molar-refractivity contribution in [1.29, 1.82) is 0 Å². The molecule has 0 aliphatic heterocycles. The van der Waals surface area contributed by atoms with E-state index in [0.717, 1.165) is 6.42 Å². The first kappa shape index (κ1) is 7.54. The molecular weight excluding hydrogens is 132 g/mol. The molecule has 0 amide bonds. The van der Waals surface area contributed by atoms with Gasteiger partial charge >= 0.3 is 5.97 Å². The molecule has 58 valence electrons. The molecule has 1 fully saturated rings. The third kappa shape index (κ3) is 0.904. The Balaban J connectivity index is 2.53. The van der Waals surface area contributed by atoms with E-state index >= 15 is 0 Å². The van der Waals surface area contributed by atoms with Crippen molar-refractivity contribution in [1.82, 2.24) is 0 Å². The van der Waals surface area contributed by atoms with Crippen molar-refractivity contribution in [3.05, 3.63) is 0 Å². The van der Waals surface area contributed by atoms with Crippen molar-refractivity contribution in [3.63, 3.8) is 0 Å². The molecule has 3 heteroatoms. The molecule has 1 aliphatic carbocycles. The highest BCUT2D eigenvalue weighted by molar-refractivity contribution is 5.75. The third-order valence-corrected chi connectivity index (χ3v) is 2.33. The molecule has 10 heavy (non-hydrogen) atoms. The molecule has 0 heterocycles. The highest BCUT2D eigenvalue weighted by atomic mass is 16.5. The van der Waals surface area contributed by atoms with Crippen molar-refractivity contribution in [3.8, 4) is 0 Å². The maximum absolute atomic E-state index is 10.4. The van der Waals surface area contributed by atoms with Gasteiger partial charge in [-0.15, -0.1) is 0 Å². The lowest BCUT2D eigenvalue weighted by atomic mass is 10.2. The smallest absolute Gasteiger partial charge is 0.309 e. The minimum absolute atomic E-state index is 0.262. The van der Waals surface area contributed by atoms with Gasteiger partial charge in [0.15, 0.2) is 0 Å². The van der Waals surface area contributed by atoms with Crippen LogP contribution in [0.1, 0.15) is 19.8 Å². The van der Waals surface area contributed by atoms with Crippen molar-refractivity contribution < 1.29 is 14.6 Å². The van der Waals surface area contributed by atoms with Gasteiger partial charge in [-0.3, -0.25) is 4.79 Å². The number of rotatable bonds is 3. The molecule has 1 N–H and O–H groups in total. The summed E-state index contributed by atoms with van der Waals surface area (Å²) in [5, 5.41) is 8.57. The lowest BCUT2D eigenvalue weighted by Crippen LogP contribution is -2.17. The number of carbonyl (C=O) groups is 1. The minimum atomic E-state index is -0.733. The number of hydrogen-bond acceptors (Lipinski definition) is 2.